The molecule has 2 rings (SSSR count). The third-order valence-electron chi connectivity index (χ3n) is 3.76. The average molecular weight is 322 g/mol. The van der Waals surface area contributed by atoms with Gasteiger partial charge in [0.05, 0.1) is 25.0 Å². The van der Waals surface area contributed by atoms with Crippen LogP contribution in [-0.2, 0) is 16.0 Å². The Balaban J connectivity index is 1.87. The second kappa shape index (κ2) is 7.53. The summed E-state index contributed by atoms with van der Waals surface area (Å²) >= 11 is 0. The number of hydrogen-bond acceptors (Lipinski definition) is 4. The Labute approximate surface area is 137 Å². The quantitative estimate of drug-likeness (QED) is 0.893. The molecule has 0 radical (unpaired) electrons. The molecule has 0 aliphatic heterocycles. The highest BCUT2D eigenvalue weighted by atomic mass is 16.6. The zero-order valence-corrected chi connectivity index (χ0v) is 14.1. The zero-order chi connectivity index (χ0) is 16.9. The van der Waals surface area contributed by atoms with Gasteiger partial charge in [-0.05, 0) is 45.2 Å². The Morgan fingerprint density at radius 3 is 2.43 bits per heavy atom. The van der Waals surface area contributed by atoms with E-state index in [1.165, 1.54) is 0 Å². The third kappa shape index (κ3) is 5.96. The third-order valence-corrected chi connectivity index (χ3v) is 3.76. The van der Waals surface area contributed by atoms with Crippen LogP contribution in [0.1, 0.15) is 52.0 Å². The molecule has 0 spiro atoms. The molecule has 1 heterocycles. The normalized spacial score (nSPS) is 21.5. The molecular weight excluding hydrogens is 296 g/mol. The number of amides is 2. The topological polar surface area (TPSA) is 80.6 Å². The van der Waals surface area contributed by atoms with E-state index in [4.69, 9.17) is 9.15 Å². The van der Waals surface area contributed by atoms with Gasteiger partial charge in [-0.25, -0.2) is 4.79 Å². The zero-order valence-electron chi connectivity index (χ0n) is 14.1. The molecule has 6 nitrogen and oxygen atoms in total. The summed E-state index contributed by atoms with van der Waals surface area (Å²) in [6, 6.07) is 1.62. The van der Waals surface area contributed by atoms with E-state index in [1.54, 1.807) is 18.6 Å². The standard InChI is InChI=1S/C17H26N2O4/c1-17(2,3)23-16(21)19-14-7-5-4-6-13(14)18-15(20)10-12-8-9-22-11-12/h8-9,11,13-14H,4-7,10H2,1-3H3,(H,18,20)(H,19,21)/t13-,14+/m0/s1. The van der Waals surface area contributed by atoms with Crippen molar-refractivity contribution in [1.29, 1.82) is 0 Å². The van der Waals surface area contributed by atoms with E-state index in [-0.39, 0.29) is 24.4 Å². The van der Waals surface area contributed by atoms with Gasteiger partial charge in [-0.15, -0.1) is 0 Å². The van der Waals surface area contributed by atoms with Gasteiger partial charge in [0, 0.05) is 6.04 Å². The fraction of sp³-hybridized carbons (Fsp3) is 0.647. The van der Waals surface area contributed by atoms with Gasteiger partial charge in [0.15, 0.2) is 0 Å². The highest BCUT2D eigenvalue weighted by Crippen LogP contribution is 2.19. The van der Waals surface area contributed by atoms with Gasteiger partial charge in [0.25, 0.3) is 0 Å². The van der Waals surface area contributed by atoms with E-state index < -0.39 is 11.7 Å². The summed E-state index contributed by atoms with van der Waals surface area (Å²) in [6.07, 6.45) is 6.75. The summed E-state index contributed by atoms with van der Waals surface area (Å²) in [5, 5.41) is 5.92. The molecule has 2 amide bonds. The molecule has 1 aliphatic carbocycles. The predicted octanol–water partition coefficient (Wildman–Crippen LogP) is 2.77. The van der Waals surface area contributed by atoms with Crippen molar-refractivity contribution in [3.05, 3.63) is 24.2 Å². The second-order valence-electron chi connectivity index (χ2n) is 7.02. The van der Waals surface area contributed by atoms with Crippen LogP contribution in [0.2, 0.25) is 0 Å². The molecular formula is C17H26N2O4. The summed E-state index contributed by atoms with van der Waals surface area (Å²) in [4.78, 5) is 24.1. The van der Waals surface area contributed by atoms with Crippen molar-refractivity contribution in [2.45, 2.75) is 70.6 Å². The summed E-state index contributed by atoms with van der Waals surface area (Å²) in [7, 11) is 0. The number of nitrogens with one attached hydrogen (secondary N) is 2. The molecule has 1 aromatic rings. The van der Waals surface area contributed by atoms with Gasteiger partial charge < -0.3 is 19.8 Å². The highest BCUT2D eigenvalue weighted by Gasteiger charge is 2.29. The largest absolute Gasteiger partial charge is 0.472 e. The van der Waals surface area contributed by atoms with Gasteiger partial charge in [0.2, 0.25) is 5.91 Å². The minimum atomic E-state index is -0.529. The minimum absolute atomic E-state index is 0.0596. The van der Waals surface area contributed by atoms with Gasteiger partial charge >= 0.3 is 6.09 Å². The van der Waals surface area contributed by atoms with E-state index >= 15 is 0 Å². The molecule has 1 saturated carbocycles. The monoisotopic (exact) mass is 322 g/mol. The molecule has 1 aliphatic rings. The molecule has 0 unspecified atom stereocenters. The molecule has 23 heavy (non-hydrogen) atoms. The van der Waals surface area contributed by atoms with Crippen LogP contribution in [-0.4, -0.2) is 29.7 Å². The SMILES string of the molecule is CC(C)(C)OC(=O)N[C@@H]1CCCC[C@@H]1NC(=O)Cc1ccoc1. The van der Waals surface area contributed by atoms with E-state index in [2.05, 4.69) is 10.6 Å². The maximum atomic E-state index is 12.1. The van der Waals surface area contributed by atoms with Crippen LogP contribution in [0.25, 0.3) is 0 Å². The first-order chi connectivity index (χ1) is 10.8. The van der Waals surface area contributed by atoms with Crippen molar-refractivity contribution in [3.8, 4) is 0 Å². The van der Waals surface area contributed by atoms with Crippen LogP contribution in [0.3, 0.4) is 0 Å². The lowest BCUT2D eigenvalue weighted by Gasteiger charge is -2.33. The molecule has 0 bridgehead atoms. The van der Waals surface area contributed by atoms with Crippen LogP contribution in [0.5, 0.6) is 0 Å². The number of ether oxygens (including phenoxy) is 1. The molecule has 128 valence electrons. The van der Waals surface area contributed by atoms with E-state index in [0.717, 1.165) is 31.2 Å². The number of alkyl carbamates (subject to hydrolysis) is 1. The van der Waals surface area contributed by atoms with Gasteiger partial charge in [-0.3, -0.25) is 4.79 Å². The number of carbonyl (C=O) groups excluding carboxylic acids is 2. The predicted molar refractivity (Wildman–Crippen MR) is 86.0 cm³/mol. The van der Waals surface area contributed by atoms with Crippen molar-refractivity contribution >= 4 is 12.0 Å². The molecule has 0 saturated heterocycles. The van der Waals surface area contributed by atoms with Crippen LogP contribution < -0.4 is 10.6 Å². The number of furan rings is 1. The van der Waals surface area contributed by atoms with E-state index in [1.807, 2.05) is 20.8 Å². The lowest BCUT2D eigenvalue weighted by Crippen LogP contribution is -2.54. The first-order valence-corrected chi connectivity index (χ1v) is 8.13. The maximum Gasteiger partial charge on any atom is 0.407 e. The Kier molecular flexibility index (Phi) is 5.69. The van der Waals surface area contributed by atoms with Crippen LogP contribution in [0.15, 0.2) is 23.0 Å². The first-order valence-electron chi connectivity index (χ1n) is 8.13. The highest BCUT2D eigenvalue weighted by molar-refractivity contribution is 5.79. The molecule has 6 heteroatoms. The summed E-state index contributed by atoms with van der Waals surface area (Å²) in [5.74, 6) is -0.0608. The number of rotatable bonds is 4. The maximum absolute atomic E-state index is 12.1. The minimum Gasteiger partial charge on any atom is -0.472 e. The Bertz CT molecular complexity index is 519. The lowest BCUT2D eigenvalue weighted by atomic mass is 9.90. The van der Waals surface area contributed by atoms with Crippen molar-refractivity contribution in [3.63, 3.8) is 0 Å². The number of hydrogen-bond donors (Lipinski definition) is 2. The van der Waals surface area contributed by atoms with Crippen molar-refractivity contribution in [2.75, 3.05) is 0 Å². The summed E-state index contributed by atoms with van der Waals surface area (Å²) in [6.45, 7) is 5.49. The molecule has 0 aromatic carbocycles. The lowest BCUT2D eigenvalue weighted by molar-refractivity contribution is -0.121. The molecule has 1 fully saturated rings. The molecule has 2 N–H and O–H groups in total. The fourth-order valence-corrected chi connectivity index (χ4v) is 2.77. The second-order valence-corrected chi connectivity index (χ2v) is 7.02. The Hall–Kier alpha value is -1.98. The molecule has 2 atom stereocenters. The van der Waals surface area contributed by atoms with Crippen molar-refractivity contribution < 1.29 is 18.7 Å². The fourth-order valence-electron chi connectivity index (χ4n) is 2.77. The van der Waals surface area contributed by atoms with Crippen LogP contribution >= 0.6 is 0 Å². The smallest absolute Gasteiger partial charge is 0.407 e. The van der Waals surface area contributed by atoms with Gasteiger partial charge in [-0.2, -0.15) is 0 Å². The Morgan fingerprint density at radius 2 is 1.87 bits per heavy atom. The van der Waals surface area contributed by atoms with Gasteiger partial charge in [0.1, 0.15) is 5.60 Å². The van der Waals surface area contributed by atoms with Crippen LogP contribution in [0.4, 0.5) is 4.79 Å². The Morgan fingerprint density at radius 1 is 1.22 bits per heavy atom. The van der Waals surface area contributed by atoms with Crippen LogP contribution in [0, 0.1) is 0 Å². The molecule has 1 aromatic heterocycles. The van der Waals surface area contributed by atoms with E-state index in [0.29, 0.717) is 0 Å². The first kappa shape index (κ1) is 17.4. The van der Waals surface area contributed by atoms with E-state index in [9.17, 15) is 9.59 Å². The van der Waals surface area contributed by atoms with Crippen molar-refractivity contribution in [2.24, 2.45) is 0 Å². The van der Waals surface area contributed by atoms with Gasteiger partial charge in [-0.1, -0.05) is 12.8 Å². The number of carbonyl (C=O) groups is 2. The summed E-state index contributed by atoms with van der Waals surface area (Å²) < 4.78 is 10.3. The summed E-state index contributed by atoms with van der Waals surface area (Å²) in [5.41, 5.74) is 0.314. The van der Waals surface area contributed by atoms with Crippen molar-refractivity contribution in [1.82, 2.24) is 10.6 Å². The average Bonchev–Trinajstić information content (AvgIpc) is 2.91.